The van der Waals surface area contributed by atoms with E-state index in [2.05, 4.69) is 67.5 Å². The smallest absolute Gasteiger partial charge is 0.744 e. The van der Waals surface area contributed by atoms with Crippen LogP contribution in [0, 0.1) is 23.7 Å². The molecular formula is C56H86O6PbS2. The summed E-state index contributed by atoms with van der Waals surface area (Å²) in [5, 5.41) is 2.88. The van der Waals surface area contributed by atoms with Gasteiger partial charge in [-0.3, -0.25) is 0 Å². The molecule has 4 aromatic carbocycles. The molecule has 0 atom stereocenters. The molecule has 0 aliphatic carbocycles. The van der Waals surface area contributed by atoms with Crippen molar-refractivity contribution in [2.45, 2.75) is 219 Å². The van der Waals surface area contributed by atoms with Crippen LogP contribution in [0.3, 0.4) is 0 Å². The van der Waals surface area contributed by atoms with Gasteiger partial charge in [-0.2, -0.15) is 0 Å². The zero-order chi connectivity index (χ0) is 47.1. The van der Waals surface area contributed by atoms with E-state index in [0.29, 0.717) is 23.6 Å². The minimum atomic E-state index is -4.54. The van der Waals surface area contributed by atoms with Crippen LogP contribution in [0.1, 0.15) is 206 Å². The zero-order valence-electron chi connectivity index (χ0n) is 41.8. The molecule has 2 radical (unpaired) electrons. The van der Waals surface area contributed by atoms with Crippen LogP contribution in [0.15, 0.2) is 70.5 Å². The van der Waals surface area contributed by atoms with E-state index in [1.165, 1.54) is 64.2 Å². The molecule has 0 amide bonds. The van der Waals surface area contributed by atoms with Crippen LogP contribution in [-0.4, -0.2) is 53.2 Å². The standard InChI is InChI=1S/2C28H44O3S.Pb/c2*1-22(2)15-9-5-7-11-17-24-21-25-18-13-14-20-27(25)28(32(29,30)31)26(24)19-12-8-6-10-16-23(3)4;/h2*13-14,18,20-23H,5-12,15-17,19H2,1-4H3,(H,29,30,31);/q;;+2/p-2. The first-order valence-corrected chi connectivity index (χ1v) is 28.2. The molecule has 0 aliphatic rings. The maximum atomic E-state index is 12.4. The van der Waals surface area contributed by atoms with Crippen molar-refractivity contribution >= 4 is 69.1 Å². The van der Waals surface area contributed by atoms with Gasteiger partial charge < -0.3 is 9.11 Å². The first-order valence-electron chi connectivity index (χ1n) is 25.4. The predicted octanol–water partition coefficient (Wildman–Crippen LogP) is 15.7. The number of rotatable bonds is 30. The van der Waals surface area contributed by atoms with Crippen molar-refractivity contribution in [2.75, 3.05) is 0 Å². The Morgan fingerprint density at radius 3 is 0.923 bits per heavy atom. The van der Waals surface area contributed by atoms with Gasteiger partial charge in [0.15, 0.2) is 0 Å². The molecule has 0 spiro atoms. The Morgan fingerprint density at radius 2 is 0.646 bits per heavy atom. The van der Waals surface area contributed by atoms with E-state index < -0.39 is 20.2 Å². The Kier molecular flexibility index (Phi) is 28.5. The van der Waals surface area contributed by atoms with E-state index >= 15 is 0 Å². The normalized spacial score (nSPS) is 12.2. The van der Waals surface area contributed by atoms with Crippen molar-refractivity contribution in [1.82, 2.24) is 0 Å². The number of aryl methyl sites for hydroxylation is 2. The van der Waals surface area contributed by atoms with E-state index in [9.17, 15) is 25.9 Å². The maximum Gasteiger partial charge on any atom is 2.00 e. The molecule has 9 heteroatoms. The molecule has 6 nitrogen and oxygen atoms in total. The Labute approximate surface area is 418 Å². The van der Waals surface area contributed by atoms with Crippen LogP contribution in [0.4, 0.5) is 0 Å². The molecule has 4 aromatic rings. The van der Waals surface area contributed by atoms with Gasteiger partial charge in [0.1, 0.15) is 20.2 Å². The van der Waals surface area contributed by atoms with Gasteiger partial charge in [-0.25, -0.2) is 16.8 Å². The first kappa shape index (κ1) is 59.3. The average molecular weight is 1130 g/mol. The van der Waals surface area contributed by atoms with Gasteiger partial charge in [-0.1, -0.05) is 219 Å². The van der Waals surface area contributed by atoms with Crippen LogP contribution >= 0.6 is 0 Å². The van der Waals surface area contributed by atoms with Crippen molar-refractivity contribution in [3.05, 3.63) is 82.9 Å². The van der Waals surface area contributed by atoms with Crippen molar-refractivity contribution < 1.29 is 25.9 Å². The van der Waals surface area contributed by atoms with Gasteiger partial charge in [0.25, 0.3) is 0 Å². The Hall–Kier alpha value is -1.86. The van der Waals surface area contributed by atoms with Crippen LogP contribution in [0.2, 0.25) is 0 Å². The Balaban J connectivity index is 0.000000440. The molecule has 0 unspecified atom stereocenters. The molecule has 65 heavy (non-hydrogen) atoms. The van der Waals surface area contributed by atoms with Crippen molar-refractivity contribution in [3.8, 4) is 0 Å². The summed E-state index contributed by atoms with van der Waals surface area (Å²) >= 11 is 0. The molecule has 0 aromatic heterocycles. The van der Waals surface area contributed by atoms with Crippen molar-refractivity contribution in [1.29, 1.82) is 0 Å². The summed E-state index contributed by atoms with van der Waals surface area (Å²) in [7, 11) is -9.08. The monoisotopic (exact) mass is 1130 g/mol. The fourth-order valence-corrected chi connectivity index (χ4v) is 11.2. The summed E-state index contributed by atoms with van der Waals surface area (Å²) in [5.74, 6) is 2.93. The molecule has 0 saturated heterocycles. The average Bonchev–Trinajstić information content (AvgIpc) is 3.21. The van der Waals surface area contributed by atoms with E-state index in [-0.39, 0.29) is 37.1 Å². The summed E-state index contributed by atoms with van der Waals surface area (Å²) < 4.78 is 74.1. The third-order valence-corrected chi connectivity index (χ3v) is 14.7. The van der Waals surface area contributed by atoms with Gasteiger partial charge in [-0.05, 0) is 119 Å². The van der Waals surface area contributed by atoms with Crippen LogP contribution in [0.25, 0.3) is 21.5 Å². The maximum absolute atomic E-state index is 12.4. The second-order valence-electron chi connectivity index (χ2n) is 20.4. The third-order valence-electron chi connectivity index (χ3n) is 12.8. The number of fused-ring (bicyclic) bond motifs is 2. The minimum Gasteiger partial charge on any atom is -0.744 e. The topological polar surface area (TPSA) is 114 Å². The molecule has 0 bridgehead atoms. The van der Waals surface area contributed by atoms with E-state index in [4.69, 9.17) is 0 Å². The molecule has 0 heterocycles. The van der Waals surface area contributed by atoms with Gasteiger partial charge in [-0.15, -0.1) is 0 Å². The fraction of sp³-hybridized carbons (Fsp3) is 0.643. The number of unbranched alkanes of at least 4 members (excludes halogenated alkanes) is 12. The van der Waals surface area contributed by atoms with E-state index in [1.807, 2.05) is 36.4 Å². The Morgan fingerprint density at radius 1 is 0.385 bits per heavy atom. The zero-order valence-corrected chi connectivity index (χ0v) is 47.3. The number of benzene rings is 4. The second-order valence-corrected chi connectivity index (χ2v) is 23.1. The van der Waals surface area contributed by atoms with E-state index in [0.717, 1.165) is 134 Å². The van der Waals surface area contributed by atoms with Gasteiger partial charge in [0.05, 0.1) is 9.79 Å². The summed E-state index contributed by atoms with van der Waals surface area (Å²) in [6.07, 6.45) is 26.1. The largest absolute Gasteiger partial charge is 2.00 e. The van der Waals surface area contributed by atoms with Crippen LogP contribution < -0.4 is 0 Å². The molecule has 362 valence electrons. The first-order chi connectivity index (χ1) is 30.4. The van der Waals surface area contributed by atoms with Crippen LogP contribution in [0.5, 0.6) is 0 Å². The second kappa shape index (κ2) is 31.3. The molecule has 0 aliphatic heterocycles. The molecule has 0 saturated carbocycles. The summed E-state index contributed by atoms with van der Waals surface area (Å²) in [4.78, 5) is 0.0696. The van der Waals surface area contributed by atoms with E-state index in [1.54, 1.807) is 12.1 Å². The summed E-state index contributed by atoms with van der Waals surface area (Å²) in [6, 6.07) is 19.1. The number of hydrogen-bond donors (Lipinski definition) is 0. The molecular weight excluding hydrogens is 1040 g/mol. The third kappa shape index (κ3) is 22.4. The molecule has 4 rings (SSSR count). The summed E-state index contributed by atoms with van der Waals surface area (Å²) in [6.45, 7) is 18.0. The van der Waals surface area contributed by atoms with Gasteiger partial charge in [0.2, 0.25) is 0 Å². The van der Waals surface area contributed by atoms with Gasteiger partial charge >= 0.3 is 27.3 Å². The molecule has 0 fully saturated rings. The number of hydrogen-bond acceptors (Lipinski definition) is 6. The van der Waals surface area contributed by atoms with Crippen LogP contribution in [-0.2, 0) is 45.9 Å². The summed E-state index contributed by atoms with van der Waals surface area (Å²) in [5.41, 5.74) is 3.68. The fourth-order valence-electron chi connectivity index (χ4n) is 9.25. The quantitative estimate of drug-likeness (QED) is 0.0292. The van der Waals surface area contributed by atoms with Crippen molar-refractivity contribution in [3.63, 3.8) is 0 Å². The Bertz CT molecular complexity index is 2020. The van der Waals surface area contributed by atoms with Crippen molar-refractivity contribution in [2.24, 2.45) is 23.7 Å². The minimum absolute atomic E-state index is 0. The molecule has 0 N–H and O–H groups in total. The SMILES string of the molecule is CC(C)CCCCCCc1cc2ccccc2c(S(=O)(=O)[O-])c1CCCCCCC(C)C.CC(C)CCCCCCc1cc2ccccc2c(S(=O)(=O)[O-])c1CCCCCCC(C)C.[Pb+2]. The predicted molar refractivity (Wildman–Crippen MR) is 276 cm³/mol. The van der Waals surface area contributed by atoms with Gasteiger partial charge in [0, 0.05) is 0 Å².